The first kappa shape index (κ1) is 19.3. The first-order chi connectivity index (χ1) is 13.9. The van der Waals surface area contributed by atoms with Gasteiger partial charge < -0.3 is 4.90 Å². The summed E-state index contributed by atoms with van der Waals surface area (Å²) in [5.74, 6) is 0.0939. The van der Waals surface area contributed by atoms with Crippen molar-refractivity contribution in [3.05, 3.63) is 57.6 Å². The Labute approximate surface area is 172 Å². The van der Waals surface area contributed by atoms with E-state index in [2.05, 4.69) is 17.2 Å². The molecule has 1 fully saturated rings. The number of thiazole rings is 1. The molecule has 0 radical (unpaired) electrons. The van der Waals surface area contributed by atoms with Crippen LogP contribution in [0.1, 0.15) is 35.7 Å². The van der Waals surface area contributed by atoms with Crippen LogP contribution in [0.25, 0.3) is 10.2 Å². The molecule has 1 aromatic heterocycles. The Morgan fingerprint density at radius 2 is 2.14 bits per heavy atom. The number of nitro benzene ring substituents is 1. The normalized spacial score (nSPS) is 16.8. The molecule has 29 heavy (non-hydrogen) atoms. The number of aryl methyl sites for hydroxylation is 1. The average molecular weight is 410 g/mol. The minimum absolute atomic E-state index is 0.0355. The van der Waals surface area contributed by atoms with Gasteiger partial charge in [0.25, 0.3) is 11.6 Å². The highest BCUT2D eigenvalue weighted by Gasteiger charge is 2.25. The summed E-state index contributed by atoms with van der Waals surface area (Å²) >= 11 is 1.39. The highest BCUT2D eigenvalue weighted by molar-refractivity contribution is 7.22. The zero-order valence-electron chi connectivity index (χ0n) is 16.3. The molecule has 1 aliphatic rings. The van der Waals surface area contributed by atoms with Crippen LogP contribution in [0.15, 0.2) is 36.4 Å². The summed E-state index contributed by atoms with van der Waals surface area (Å²) in [6.45, 7) is 5.74. The summed E-state index contributed by atoms with van der Waals surface area (Å²) in [6, 6.07) is 10.6. The van der Waals surface area contributed by atoms with Crippen LogP contribution in [0, 0.1) is 23.0 Å². The molecule has 4 rings (SSSR count). The number of benzene rings is 2. The molecule has 1 saturated heterocycles. The van der Waals surface area contributed by atoms with Gasteiger partial charge in [0.2, 0.25) is 0 Å². The van der Waals surface area contributed by atoms with Gasteiger partial charge in [-0.15, -0.1) is 0 Å². The Balaban J connectivity index is 1.59. The third-order valence-electron chi connectivity index (χ3n) is 5.20. The van der Waals surface area contributed by atoms with E-state index in [0.29, 0.717) is 16.7 Å². The number of nitrogens with one attached hydrogen (secondary N) is 1. The molecule has 150 valence electrons. The van der Waals surface area contributed by atoms with E-state index in [1.165, 1.54) is 17.4 Å². The lowest BCUT2D eigenvalue weighted by molar-refractivity contribution is -0.384. The molecule has 7 nitrogen and oxygen atoms in total. The van der Waals surface area contributed by atoms with Crippen LogP contribution >= 0.6 is 11.3 Å². The van der Waals surface area contributed by atoms with Crippen molar-refractivity contribution in [1.29, 1.82) is 0 Å². The van der Waals surface area contributed by atoms with Crippen LogP contribution in [0.5, 0.6) is 0 Å². The minimum atomic E-state index is -0.411. The Morgan fingerprint density at radius 3 is 2.90 bits per heavy atom. The van der Waals surface area contributed by atoms with Crippen molar-refractivity contribution >= 4 is 44.0 Å². The monoisotopic (exact) mass is 410 g/mol. The van der Waals surface area contributed by atoms with Gasteiger partial charge in [-0.3, -0.25) is 20.2 Å². The van der Waals surface area contributed by atoms with Crippen molar-refractivity contribution in [2.45, 2.75) is 26.7 Å². The van der Waals surface area contributed by atoms with E-state index in [0.717, 1.165) is 41.7 Å². The number of carbonyl (C=O) groups excluding carboxylic acids is 1. The lowest BCUT2D eigenvalue weighted by Gasteiger charge is -2.32. The molecule has 0 spiro atoms. The maximum atomic E-state index is 12.7. The van der Waals surface area contributed by atoms with Gasteiger partial charge in [-0.25, -0.2) is 4.98 Å². The highest BCUT2D eigenvalue weighted by atomic mass is 32.1. The first-order valence-corrected chi connectivity index (χ1v) is 10.4. The van der Waals surface area contributed by atoms with Crippen LogP contribution in [0.3, 0.4) is 0 Å². The summed E-state index contributed by atoms with van der Waals surface area (Å²) in [7, 11) is 0. The minimum Gasteiger partial charge on any atom is -0.366 e. The predicted octanol–water partition coefficient (Wildman–Crippen LogP) is 5.00. The molecular weight excluding hydrogens is 388 g/mol. The molecule has 8 heteroatoms. The topological polar surface area (TPSA) is 88.4 Å². The van der Waals surface area contributed by atoms with Gasteiger partial charge in [0.1, 0.15) is 5.69 Å². The number of hydrogen-bond acceptors (Lipinski definition) is 6. The molecule has 2 heterocycles. The number of carbonyl (C=O) groups is 1. The van der Waals surface area contributed by atoms with Crippen LogP contribution in [-0.2, 0) is 0 Å². The van der Waals surface area contributed by atoms with E-state index in [9.17, 15) is 14.9 Å². The third-order valence-corrected chi connectivity index (χ3v) is 6.13. The van der Waals surface area contributed by atoms with E-state index < -0.39 is 10.8 Å². The summed E-state index contributed by atoms with van der Waals surface area (Å²) in [5, 5.41) is 14.9. The van der Waals surface area contributed by atoms with Gasteiger partial charge >= 0.3 is 0 Å². The predicted molar refractivity (Wildman–Crippen MR) is 116 cm³/mol. The summed E-state index contributed by atoms with van der Waals surface area (Å²) in [4.78, 5) is 30.4. The summed E-state index contributed by atoms with van der Waals surface area (Å²) in [6.07, 6.45) is 2.14. The molecule has 2 aromatic carbocycles. The Morgan fingerprint density at radius 1 is 1.31 bits per heavy atom. The van der Waals surface area contributed by atoms with Gasteiger partial charge in [0, 0.05) is 24.7 Å². The zero-order valence-corrected chi connectivity index (χ0v) is 17.2. The summed E-state index contributed by atoms with van der Waals surface area (Å²) in [5.41, 5.74) is 2.73. The van der Waals surface area contributed by atoms with Crippen molar-refractivity contribution in [1.82, 2.24) is 4.98 Å². The maximum Gasteiger partial charge on any atom is 0.293 e. The molecule has 1 amide bonds. The van der Waals surface area contributed by atoms with Crippen LogP contribution in [-0.4, -0.2) is 28.9 Å². The average Bonchev–Trinajstić information content (AvgIpc) is 3.08. The highest BCUT2D eigenvalue weighted by Crippen LogP contribution is 2.33. The fourth-order valence-electron chi connectivity index (χ4n) is 3.74. The van der Waals surface area contributed by atoms with Crippen LogP contribution < -0.4 is 10.2 Å². The number of hydrogen-bond donors (Lipinski definition) is 1. The smallest absolute Gasteiger partial charge is 0.293 e. The number of aromatic nitrogens is 1. The fraction of sp³-hybridized carbons (Fsp3) is 0.333. The second kappa shape index (κ2) is 7.79. The SMILES string of the molecule is Cc1ccc2nc(NC(=O)c3ccc(N4CCC[C@H](C)C4)c([N+](=O)[O-])c3)sc2c1. The molecule has 1 N–H and O–H groups in total. The lowest BCUT2D eigenvalue weighted by Crippen LogP contribution is -2.34. The van der Waals surface area contributed by atoms with Crippen molar-refractivity contribution in [2.75, 3.05) is 23.3 Å². The first-order valence-electron chi connectivity index (χ1n) is 9.62. The lowest BCUT2D eigenvalue weighted by atomic mass is 9.99. The van der Waals surface area contributed by atoms with E-state index in [1.807, 2.05) is 30.0 Å². The molecule has 1 atom stereocenters. The number of nitro groups is 1. The van der Waals surface area contributed by atoms with Crippen molar-refractivity contribution in [3.8, 4) is 0 Å². The van der Waals surface area contributed by atoms with Gasteiger partial charge in [-0.1, -0.05) is 24.3 Å². The zero-order chi connectivity index (χ0) is 20.5. The standard InChI is InChI=1S/C21H22N4O3S/c1-13-5-7-16-19(10-13)29-21(22-16)23-20(26)15-6-8-17(18(11-15)25(27)28)24-9-3-4-14(2)12-24/h5-8,10-11,14H,3-4,9,12H2,1-2H3,(H,22,23,26)/t14-/m0/s1. The van der Waals surface area contributed by atoms with Crippen LogP contribution in [0.4, 0.5) is 16.5 Å². The van der Waals surface area contributed by atoms with E-state index in [-0.39, 0.29) is 11.3 Å². The molecule has 1 aliphatic heterocycles. The number of rotatable bonds is 4. The van der Waals surface area contributed by atoms with Gasteiger partial charge in [0.15, 0.2) is 5.13 Å². The number of fused-ring (bicyclic) bond motifs is 1. The molecule has 0 saturated carbocycles. The molecular formula is C21H22N4O3S. The number of piperidine rings is 1. The second-order valence-electron chi connectivity index (χ2n) is 7.60. The number of anilines is 2. The van der Waals surface area contributed by atoms with Crippen molar-refractivity contribution in [2.24, 2.45) is 5.92 Å². The molecule has 0 bridgehead atoms. The Hall–Kier alpha value is -3.00. The molecule has 3 aromatic rings. The van der Waals surface area contributed by atoms with Crippen LogP contribution in [0.2, 0.25) is 0 Å². The second-order valence-corrected chi connectivity index (χ2v) is 8.63. The largest absolute Gasteiger partial charge is 0.366 e. The fourth-order valence-corrected chi connectivity index (χ4v) is 4.70. The van der Waals surface area contributed by atoms with Gasteiger partial charge in [0.05, 0.1) is 15.1 Å². The summed E-state index contributed by atoms with van der Waals surface area (Å²) < 4.78 is 0.987. The molecule has 0 unspecified atom stereocenters. The van der Waals surface area contributed by atoms with Crippen molar-refractivity contribution in [3.63, 3.8) is 0 Å². The number of amides is 1. The maximum absolute atomic E-state index is 12.7. The number of nitrogens with zero attached hydrogens (tertiary/aromatic N) is 3. The van der Waals surface area contributed by atoms with E-state index >= 15 is 0 Å². The molecule has 0 aliphatic carbocycles. The quantitative estimate of drug-likeness (QED) is 0.483. The van der Waals surface area contributed by atoms with Gasteiger partial charge in [-0.05, 0) is 55.5 Å². The Bertz CT molecular complexity index is 1090. The van der Waals surface area contributed by atoms with E-state index in [4.69, 9.17) is 0 Å². The third kappa shape index (κ3) is 4.07. The van der Waals surface area contributed by atoms with E-state index in [1.54, 1.807) is 12.1 Å². The van der Waals surface area contributed by atoms with Gasteiger partial charge in [-0.2, -0.15) is 0 Å². The Kier molecular flexibility index (Phi) is 5.19. The van der Waals surface area contributed by atoms with Crippen molar-refractivity contribution < 1.29 is 9.72 Å².